The normalized spacial score (nSPS) is 18.1. The Labute approximate surface area is 184 Å². The van der Waals surface area contributed by atoms with Gasteiger partial charge in [-0.15, -0.1) is 0 Å². The number of fused-ring (bicyclic) bond motifs is 1. The Bertz CT molecular complexity index is 1070. The van der Waals surface area contributed by atoms with Gasteiger partial charge in [0.1, 0.15) is 11.9 Å². The lowest BCUT2D eigenvalue weighted by Gasteiger charge is -2.32. The summed E-state index contributed by atoms with van der Waals surface area (Å²) in [5.74, 6) is 0.451. The molecule has 0 saturated carbocycles. The predicted molar refractivity (Wildman–Crippen MR) is 124 cm³/mol. The Morgan fingerprint density at radius 2 is 2.06 bits per heavy atom. The van der Waals surface area contributed by atoms with Gasteiger partial charge in [-0.1, -0.05) is 24.6 Å². The van der Waals surface area contributed by atoms with Crippen molar-refractivity contribution in [1.82, 2.24) is 9.88 Å². The highest BCUT2D eigenvalue weighted by Gasteiger charge is 2.23. The average molecular weight is 421 g/mol. The minimum atomic E-state index is -0.369. The molecule has 0 amide bonds. The van der Waals surface area contributed by atoms with Crippen LogP contribution in [0.2, 0.25) is 0 Å². The zero-order valence-corrected chi connectivity index (χ0v) is 18.9. The lowest BCUT2D eigenvalue weighted by atomic mass is 9.95. The molecule has 0 bridgehead atoms. The third-order valence-corrected chi connectivity index (χ3v) is 6.49. The maximum absolute atomic E-state index is 13.2. The van der Waals surface area contributed by atoms with E-state index >= 15 is 0 Å². The van der Waals surface area contributed by atoms with Crippen LogP contribution in [0.5, 0.6) is 5.75 Å². The van der Waals surface area contributed by atoms with E-state index in [0.717, 1.165) is 40.9 Å². The molecule has 2 unspecified atom stereocenters. The molecule has 31 heavy (non-hydrogen) atoms. The molecule has 0 radical (unpaired) electrons. The van der Waals surface area contributed by atoms with Gasteiger partial charge in [0.15, 0.2) is 0 Å². The Balaban J connectivity index is 1.57. The van der Waals surface area contributed by atoms with Gasteiger partial charge in [-0.05, 0) is 82.1 Å². The summed E-state index contributed by atoms with van der Waals surface area (Å²) >= 11 is 0. The molecule has 4 rings (SSSR count). The molecule has 0 aliphatic carbocycles. The summed E-state index contributed by atoms with van der Waals surface area (Å²) in [4.78, 5) is 19.0. The SMILES string of the molecule is COc1cccc(C(C)OC(=O)c2c(C)[nH]c3ccc(CC4CCCCN4C)cc23)c1. The van der Waals surface area contributed by atoms with E-state index in [4.69, 9.17) is 9.47 Å². The fourth-order valence-electron chi connectivity index (χ4n) is 4.62. The molecule has 1 aromatic heterocycles. The lowest BCUT2D eigenvalue weighted by molar-refractivity contribution is 0.0339. The summed E-state index contributed by atoms with van der Waals surface area (Å²) in [5.41, 5.74) is 4.61. The van der Waals surface area contributed by atoms with Crippen LogP contribution in [0, 0.1) is 6.92 Å². The van der Waals surface area contributed by atoms with Crippen LogP contribution in [0.25, 0.3) is 10.9 Å². The third-order valence-electron chi connectivity index (χ3n) is 6.49. The van der Waals surface area contributed by atoms with E-state index < -0.39 is 0 Å². The number of nitrogens with zero attached hydrogens (tertiary/aromatic N) is 1. The number of aromatic nitrogens is 1. The van der Waals surface area contributed by atoms with Crippen molar-refractivity contribution < 1.29 is 14.3 Å². The number of hydrogen-bond acceptors (Lipinski definition) is 4. The highest BCUT2D eigenvalue weighted by Crippen LogP contribution is 2.29. The summed E-state index contributed by atoms with van der Waals surface area (Å²) < 4.78 is 11.1. The van der Waals surface area contributed by atoms with E-state index in [9.17, 15) is 4.79 Å². The second-order valence-electron chi connectivity index (χ2n) is 8.66. The van der Waals surface area contributed by atoms with Gasteiger partial charge in [-0.3, -0.25) is 0 Å². The molecule has 2 heterocycles. The van der Waals surface area contributed by atoms with Gasteiger partial charge in [0.05, 0.1) is 12.7 Å². The van der Waals surface area contributed by atoms with Gasteiger partial charge in [0, 0.05) is 22.6 Å². The van der Waals surface area contributed by atoms with E-state index in [-0.39, 0.29) is 12.1 Å². The molecule has 1 aliphatic heterocycles. The standard InChI is InChI=1S/C26H32N2O3/c1-17-25(26(29)31-18(2)20-8-7-10-22(16-20)30-4)23-15-19(11-12-24(23)27-17)14-21-9-5-6-13-28(21)3/h7-8,10-12,15-16,18,21,27H,5-6,9,13-14H2,1-4H3. The second kappa shape index (κ2) is 9.15. The maximum atomic E-state index is 13.2. The highest BCUT2D eigenvalue weighted by molar-refractivity contribution is 6.05. The van der Waals surface area contributed by atoms with Crippen molar-refractivity contribution in [2.45, 2.75) is 51.7 Å². The van der Waals surface area contributed by atoms with Crippen molar-refractivity contribution in [1.29, 1.82) is 0 Å². The Morgan fingerprint density at radius 1 is 1.23 bits per heavy atom. The number of likely N-dealkylation sites (N-methyl/N-ethyl adjacent to an activating group) is 1. The highest BCUT2D eigenvalue weighted by atomic mass is 16.5. The number of esters is 1. The fourth-order valence-corrected chi connectivity index (χ4v) is 4.62. The number of aromatic amines is 1. The Morgan fingerprint density at radius 3 is 2.84 bits per heavy atom. The maximum Gasteiger partial charge on any atom is 0.341 e. The number of aryl methyl sites for hydroxylation is 1. The van der Waals surface area contributed by atoms with Crippen molar-refractivity contribution >= 4 is 16.9 Å². The first-order valence-electron chi connectivity index (χ1n) is 11.1. The first kappa shape index (κ1) is 21.4. The lowest BCUT2D eigenvalue weighted by Crippen LogP contribution is -2.37. The fraction of sp³-hybridized carbons (Fsp3) is 0.423. The van der Waals surface area contributed by atoms with Crippen LogP contribution in [-0.2, 0) is 11.2 Å². The van der Waals surface area contributed by atoms with Crippen molar-refractivity contribution in [3.05, 3.63) is 64.8 Å². The zero-order chi connectivity index (χ0) is 22.0. The van der Waals surface area contributed by atoms with Crippen molar-refractivity contribution in [2.24, 2.45) is 0 Å². The van der Waals surface area contributed by atoms with E-state index in [2.05, 4.69) is 35.1 Å². The van der Waals surface area contributed by atoms with Crippen LogP contribution >= 0.6 is 0 Å². The molecule has 3 aromatic rings. The summed E-state index contributed by atoms with van der Waals surface area (Å²) in [6, 6.07) is 14.6. The molecule has 0 spiro atoms. The molecule has 1 aliphatic rings. The van der Waals surface area contributed by atoms with Crippen LogP contribution in [0.15, 0.2) is 42.5 Å². The molecule has 1 fully saturated rings. The minimum absolute atomic E-state index is 0.300. The average Bonchev–Trinajstić information content (AvgIpc) is 3.10. The van der Waals surface area contributed by atoms with E-state index in [1.165, 1.54) is 24.8 Å². The van der Waals surface area contributed by atoms with Crippen LogP contribution < -0.4 is 4.74 Å². The minimum Gasteiger partial charge on any atom is -0.497 e. The molecular formula is C26H32N2O3. The molecular weight excluding hydrogens is 388 g/mol. The predicted octanol–water partition coefficient (Wildman–Crippen LogP) is 5.43. The van der Waals surface area contributed by atoms with Crippen LogP contribution in [0.4, 0.5) is 0 Å². The topological polar surface area (TPSA) is 54.6 Å². The van der Waals surface area contributed by atoms with Gasteiger partial charge >= 0.3 is 5.97 Å². The molecule has 164 valence electrons. The zero-order valence-electron chi connectivity index (χ0n) is 18.9. The number of H-pyrrole nitrogens is 1. The number of rotatable bonds is 6. The summed E-state index contributed by atoms with van der Waals surface area (Å²) in [6.07, 6.45) is 4.44. The smallest absolute Gasteiger partial charge is 0.341 e. The molecule has 1 saturated heterocycles. The van der Waals surface area contributed by atoms with E-state index in [0.29, 0.717) is 11.6 Å². The number of nitrogens with one attached hydrogen (secondary N) is 1. The van der Waals surface area contributed by atoms with Crippen molar-refractivity contribution in [3.8, 4) is 5.75 Å². The number of ether oxygens (including phenoxy) is 2. The second-order valence-corrected chi connectivity index (χ2v) is 8.66. The number of likely N-dealkylation sites (tertiary alicyclic amines) is 1. The summed E-state index contributed by atoms with van der Waals surface area (Å²) in [5, 5.41) is 0.941. The number of piperidine rings is 1. The molecule has 1 N–H and O–H groups in total. The van der Waals surface area contributed by atoms with Crippen molar-refractivity contribution in [3.63, 3.8) is 0 Å². The first-order chi connectivity index (χ1) is 15.0. The number of carbonyl (C=O) groups is 1. The van der Waals surface area contributed by atoms with E-state index in [1.807, 2.05) is 38.1 Å². The van der Waals surface area contributed by atoms with Gasteiger partial charge in [-0.25, -0.2) is 4.79 Å². The van der Waals surface area contributed by atoms with Gasteiger partial charge in [-0.2, -0.15) is 0 Å². The summed E-state index contributed by atoms with van der Waals surface area (Å²) in [6.45, 7) is 4.98. The quantitative estimate of drug-likeness (QED) is 0.540. The monoisotopic (exact) mass is 420 g/mol. The molecule has 5 nitrogen and oxygen atoms in total. The van der Waals surface area contributed by atoms with Gasteiger partial charge < -0.3 is 19.4 Å². The van der Waals surface area contributed by atoms with Crippen LogP contribution in [0.3, 0.4) is 0 Å². The largest absolute Gasteiger partial charge is 0.497 e. The van der Waals surface area contributed by atoms with Crippen LogP contribution in [0.1, 0.15) is 59.5 Å². The van der Waals surface area contributed by atoms with Crippen LogP contribution in [-0.4, -0.2) is 42.6 Å². The Kier molecular flexibility index (Phi) is 6.33. The van der Waals surface area contributed by atoms with Gasteiger partial charge in [0.2, 0.25) is 0 Å². The molecule has 2 aromatic carbocycles. The summed E-state index contributed by atoms with van der Waals surface area (Å²) in [7, 11) is 3.85. The molecule has 2 atom stereocenters. The Hall–Kier alpha value is -2.79. The molecule has 5 heteroatoms. The number of carbonyl (C=O) groups excluding carboxylic acids is 1. The van der Waals surface area contributed by atoms with Gasteiger partial charge in [0.25, 0.3) is 0 Å². The first-order valence-corrected chi connectivity index (χ1v) is 11.1. The number of benzene rings is 2. The number of methoxy groups -OCH3 is 1. The third kappa shape index (κ3) is 4.62. The number of hydrogen-bond donors (Lipinski definition) is 1. The van der Waals surface area contributed by atoms with Crippen molar-refractivity contribution in [2.75, 3.05) is 20.7 Å². The van der Waals surface area contributed by atoms with E-state index in [1.54, 1.807) is 7.11 Å².